The Hall–Kier alpha value is -0.540. The van der Waals surface area contributed by atoms with E-state index in [0.29, 0.717) is 5.88 Å². The van der Waals surface area contributed by atoms with Crippen LogP contribution < -0.4 is 9.47 Å². The zero-order chi connectivity index (χ0) is 11.8. The van der Waals surface area contributed by atoms with Crippen molar-refractivity contribution < 1.29 is 9.47 Å². The molecule has 0 atom stereocenters. The summed E-state index contributed by atoms with van der Waals surface area (Å²) in [5.74, 6) is 3.20. The van der Waals surface area contributed by atoms with Gasteiger partial charge in [-0.25, -0.2) is 0 Å². The first-order valence-electron chi connectivity index (χ1n) is 5.16. The van der Waals surface area contributed by atoms with Crippen LogP contribution in [0.4, 0.5) is 0 Å². The molecule has 0 spiro atoms. The highest BCUT2D eigenvalue weighted by atomic mass is 35.5. The van der Waals surface area contributed by atoms with Gasteiger partial charge in [0.05, 0.1) is 19.6 Å². The lowest BCUT2D eigenvalue weighted by Crippen LogP contribution is -2.01. The molecule has 0 heterocycles. The number of halogens is 1. The summed E-state index contributed by atoms with van der Waals surface area (Å²) in [7, 11) is 1.65. The summed E-state index contributed by atoms with van der Waals surface area (Å²) < 4.78 is 10.8. The molecule has 0 bridgehead atoms. The van der Waals surface area contributed by atoms with Gasteiger partial charge >= 0.3 is 0 Å². The largest absolute Gasteiger partial charge is 0.497 e. The molecule has 2 nitrogen and oxygen atoms in total. The minimum Gasteiger partial charge on any atom is -0.497 e. The summed E-state index contributed by atoms with van der Waals surface area (Å²) in [6, 6.07) is 5.72. The van der Waals surface area contributed by atoms with E-state index >= 15 is 0 Å². The van der Waals surface area contributed by atoms with Crippen LogP contribution in [0.3, 0.4) is 0 Å². The van der Waals surface area contributed by atoms with Crippen LogP contribution in [0.25, 0.3) is 0 Å². The van der Waals surface area contributed by atoms with E-state index in [1.807, 2.05) is 30.0 Å². The van der Waals surface area contributed by atoms with Gasteiger partial charge in [-0.05, 0) is 24.5 Å². The Labute approximate surface area is 106 Å². The second-order valence-corrected chi connectivity index (χ2v) is 4.55. The summed E-state index contributed by atoms with van der Waals surface area (Å²) >= 11 is 7.67. The summed E-state index contributed by atoms with van der Waals surface area (Å²) in [5.41, 5.74) is 1.01. The van der Waals surface area contributed by atoms with Gasteiger partial charge in [0.2, 0.25) is 0 Å². The molecule has 4 heteroatoms. The number of rotatable bonds is 7. The minimum atomic E-state index is 0.460. The maximum atomic E-state index is 5.84. The third-order valence-corrected chi connectivity index (χ3v) is 3.15. The number of thioether (sulfide) groups is 1. The predicted molar refractivity (Wildman–Crippen MR) is 71.0 cm³/mol. The Morgan fingerprint density at radius 1 is 1.38 bits per heavy atom. The van der Waals surface area contributed by atoms with Gasteiger partial charge in [-0.1, -0.05) is 6.07 Å². The van der Waals surface area contributed by atoms with Crippen molar-refractivity contribution in [2.75, 3.05) is 25.7 Å². The van der Waals surface area contributed by atoms with Crippen LogP contribution in [0.1, 0.15) is 12.0 Å². The van der Waals surface area contributed by atoms with Gasteiger partial charge in [0.1, 0.15) is 11.5 Å². The topological polar surface area (TPSA) is 18.5 Å². The molecule has 0 N–H and O–H groups in total. The van der Waals surface area contributed by atoms with Crippen molar-refractivity contribution in [2.24, 2.45) is 0 Å². The van der Waals surface area contributed by atoms with Crippen LogP contribution >= 0.6 is 23.4 Å². The predicted octanol–water partition coefficient (Wildman–Crippen LogP) is 3.57. The molecule has 0 saturated heterocycles. The zero-order valence-electron chi connectivity index (χ0n) is 9.66. The highest BCUT2D eigenvalue weighted by Gasteiger charge is 2.04. The third kappa shape index (κ3) is 4.14. The van der Waals surface area contributed by atoms with Crippen molar-refractivity contribution in [3.8, 4) is 11.5 Å². The van der Waals surface area contributed by atoms with E-state index in [-0.39, 0.29) is 0 Å². The van der Waals surface area contributed by atoms with Gasteiger partial charge in [-0.3, -0.25) is 0 Å². The molecule has 0 amide bonds. The Morgan fingerprint density at radius 2 is 2.19 bits per heavy atom. The van der Waals surface area contributed by atoms with Gasteiger partial charge in [0.15, 0.2) is 0 Å². The van der Waals surface area contributed by atoms with Crippen molar-refractivity contribution in [1.82, 2.24) is 0 Å². The molecule has 16 heavy (non-hydrogen) atoms. The lowest BCUT2D eigenvalue weighted by molar-refractivity contribution is 0.313. The van der Waals surface area contributed by atoms with Crippen LogP contribution in [0.2, 0.25) is 0 Å². The standard InChI is InChI=1S/C12H17ClO2S/c1-14-11-5-4-10(9-13)12(8-11)15-6-3-7-16-2/h4-5,8H,3,6-7,9H2,1-2H3. The van der Waals surface area contributed by atoms with E-state index in [4.69, 9.17) is 21.1 Å². The van der Waals surface area contributed by atoms with Gasteiger partial charge in [0.25, 0.3) is 0 Å². The molecule has 0 aliphatic carbocycles. The maximum absolute atomic E-state index is 5.84. The summed E-state index contributed by atoms with van der Waals surface area (Å²) in [5, 5.41) is 0. The molecule has 0 saturated carbocycles. The molecule has 1 aromatic rings. The second-order valence-electron chi connectivity index (χ2n) is 3.30. The van der Waals surface area contributed by atoms with Crippen LogP contribution in [0.15, 0.2) is 18.2 Å². The van der Waals surface area contributed by atoms with Gasteiger partial charge in [-0.15, -0.1) is 11.6 Å². The minimum absolute atomic E-state index is 0.460. The number of benzene rings is 1. The molecular weight excluding hydrogens is 244 g/mol. The maximum Gasteiger partial charge on any atom is 0.127 e. The first-order chi connectivity index (χ1) is 7.81. The fourth-order valence-electron chi connectivity index (χ4n) is 1.29. The first-order valence-corrected chi connectivity index (χ1v) is 7.09. The average molecular weight is 261 g/mol. The number of alkyl halides is 1. The zero-order valence-corrected chi connectivity index (χ0v) is 11.2. The van der Waals surface area contributed by atoms with E-state index in [1.165, 1.54) is 0 Å². The monoisotopic (exact) mass is 260 g/mol. The molecule has 0 unspecified atom stereocenters. The lowest BCUT2D eigenvalue weighted by Gasteiger charge is -2.11. The number of hydrogen-bond donors (Lipinski definition) is 0. The van der Waals surface area contributed by atoms with Crippen LogP contribution in [0, 0.1) is 0 Å². The van der Waals surface area contributed by atoms with Crippen LogP contribution in [-0.2, 0) is 5.88 Å². The van der Waals surface area contributed by atoms with Crippen molar-refractivity contribution in [3.05, 3.63) is 23.8 Å². The Bertz CT molecular complexity index is 318. The van der Waals surface area contributed by atoms with Crippen LogP contribution in [0.5, 0.6) is 11.5 Å². The normalized spacial score (nSPS) is 10.2. The highest BCUT2D eigenvalue weighted by molar-refractivity contribution is 7.98. The molecule has 0 aliphatic rings. The molecule has 0 aromatic heterocycles. The number of methoxy groups -OCH3 is 1. The van der Waals surface area contributed by atoms with Gasteiger partial charge in [0, 0.05) is 11.6 Å². The molecule has 1 rings (SSSR count). The van der Waals surface area contributed by atoms with Crippen molar-refractivity contribution in [3.63, 3.8) is 0 Å². The summed E-state index contributed by atoms with van der Waals surface area (Å²) in [6.45, 7) is 0.720. The van der Waals surface area contributed by atoms with Gasteiger partial charge in [-0.2, -0.15) is 11.8 Å². The van der Waals surface area contributed by atoms with Crippen molar-refractivity contribution in [1.29, 1.82) is 0 Å². The fourth-order valence-corrected chi connectivity index (χ4v) is 1.92. The van der Waals surface area contributed by atoms with E-state index in [2.05, 4.69) is 6.26 Å². The average Bonchev–Trinajstić information content (AvgIpc) is 2.34. The van der Waals surface area contributed by atoms with E-state index < -0.39 is 0 Å². The molecule has 0 aliphatic heterocycles. The Kier molecular flexibility index (Phi) is 6.50. The molecule has 1 aromatic carbocycles. The molecular formula is C12H17ClO2S. The quantitative estimate of drug-likeness (QED) is 0.552. The van der Waals surface area contributed by atoms with Crippen molar-refractivity contribution in [2.45, 2.75) is 12.3 Å². The molecule has 0 fully saturated rings. The van der Waals surface area contributed by atoms with Gasteiger partial charge < -0.3 is 9.47 Å². The summed E-state index contributed by atoms with van der Waals surface area (Å²) in [4.78, 5) is 0. The number of hydrogen-bond acceptors (Lipinski definition) is 3. The Balaban J connectivity index is 2.60. The fraction of sp³-hybridized carbons (Fsp3) is 0.500. The first kappa shape index (κ1) is 13.5. The molecule has 0 radical (unpaired) electrons. The third-order valence-electron chi connectivity index (χ3n) is 2.17. The van der Waals surface area contributed by atoms with Crippen molar-refractivity contribution >= 4 is 23.4 Å². The van der Waals surface area contributed by atoms with E-state index in [1.54, 1.807) is 7.11 Å². The van der Waals surface area contributed by atoms with E-state index in [0.717, 1.165) is 35.8 Å². The highest BCUT2D eigenvalue weighted by Crippen LogP contribution is 2.26. The smallest absolute Gasteiger partial charge is 0.127 e. The number of ether oxygens (including phenoxy) is 2. The van der Waals surface area contributed by atoms with E-state index in [9.17, 15) is 0 Å². The summed E-state index contributed by atoms with van der Waals surface area (Å²) in [6.07, 6.45) is 3.13. The van der Waals surface area contributed by atoms with Crippen LogP contribution in [-0.4, -0.2) is 25.7 Å². The SMILES string of the molecule is COc1ccc(CCl)c(OCCCSC)c1. The lowest BCUT2D eigenvalue weighted by atomic mass is 10.2. The Morgan fingerprint density at radius 3 is 2.81 bits per heavy atom. The second kappa shape index (κ2) is 7.69. The molecule has 90 valence electrons.